The molecule has 0 saturated carbocycles. The monoisotopic (exact) mass is 375 g/mol. The number of hydrogen-bond acceptors (Lipinski definition) is 2. The van der Waals surface area contributed by atoms with Crippen LogP contribution in [0.1, 0.15) is 30.6 Å². The zero-order chi connectivity index (χ0) is 14.2. The Morgan fingerprint density at radius 3 is 2.68 bits per heavy atom. The highest BCUT2D eigenvalue weighted by atomic mass is 127. The summed E-state index contributed by atoms with van der Waals surface area (Å²) in [6.07, 6.45) is 0.418. The van der Waals surface area contributed by atoms with E-state index < -0.39 is 0 Å². The Hall–Kier alpha value is -0.980. The first kappa shape index (κ1) is 14.4. The van der Waals surface area contributed by atoms with Crippen LogP contribution in [0, 0.1) is 21.2 Å². The fraction of sp³-hybridized carbons (Fsp3) is 0.429. The molecule has 0 N–H and O–H groups in total. The molecule has 5 heteroatoms. The summed E-state index contributed by atoms with van der Waals surface area (Å²) in [6.45, 7) is 4.56. The van der Waals surface area contributed by atoms with Gasteiger partial charge in [-0.25, -0.2) is 4.39 Å². The predicted molar refractivity (Wildman–Crippen MR) is 78.1 cm³/mol. The zero-order valence-corrected chi connectivity index (χ0v) is 13.0. The molecule has 3 nitrogen and oxygen atoms in total. The molecule has 2 amide bonds. The van der Waals surface area contributed by atoms with Crippen molar-refractivity contribution in [2.45, 2.75) is 20.3 Å². The van der Waals surface area contributed by atoms with E-state index in [1.807, 2.05) is 36.4 Å². The van der Waals surface area contributed by atoms with Crippen LogP contribution in [0.15, 0.2) is 18.2 Å². The van der Waals surface area contributed by atoms with Gasteiger partial charge in [-0.2, -0.15) is 0 Å². The van der Waals surface area contributed by atoms with Gasteiger partial charge in [-0.3, -0.25) is 14.5 Å². The Kier molecular flexibility index (Phi) is 4.23. The number of halogens is 2. The molecule has 1 fully saturated rings. The standard InChI is InChI=1S/C14H15FINO2/c1-8(2)9-5-13(18)17(7-9)14(19)11-4-3-10(15)6-12(11)16/h3-4,6,8-9H,5,7H2,1-2H3. The van der Waals surface area contributed by atoms with Gasteiger partial charge in [0.1, 0.15) is 5.82 Å². The maximum Gasteiger partial charge on any atom is 0.261 e. The van der Waals surface area contributed by atoms with Crippen LogP contribution >= 0.6 is 22.6 Å². The maximum atomic E-state index is 13.0. The normalized spacial score (nSPS) is 19.3. The van der Waals surface area contributed by atoms with Gasteiger partial charge in [0, 0.05) is 16.5 Å². The molecule has 1 aromatic rings. The van der Waals surface area contributed by atoms with Gasteiger partial charge in [-0.1, -0.05) is 13.8 Å². The van der Waals surface area contributed by atoms with Gasteiger partial charge in [0.25, 0.3) is 5.91 Å². The molecule has 1 aromatic carbocycles. The summed E-state index contributed by atoms with van der Waals surface area (Å²) in [7, 11) is 0. The molecule has 0 spiro atoms. The van der Waals surface area contributed by atoms with E-state index in [9.17, 15) is 14.0 Å². The first-order chi connectivity index (χ1) is 8.90. The summed E-state index contributed by atoms with van der Waals surface area (Å²) in [5.41, 5.74) is 0.389. The fourth-order valence-corrected chi connectivity index (χ4v) is 2.89. The summed E-state index contributed by atoms with van der Waals surface area (Å²) < 4.78 is 13.6. The molecule has 1 atom stereocenters. The lowest BCUT2D eigenvalue weighted by Crippen LogP contribution is -2.33. The van der Waals surface area contributed by atoms with E-state index in [0.29, 0.717) is 28.0 Å². The van der Waals surface area contributed by atoms with E-state index in [1.165, 1.54) is 23.1 Å². The highest BCUT2D eigenvalue weighted by molar-refractivity contribution is 14.1. The molecular weight excluding hydrogens is 360 g/mol. The molecule has 0 bridgehead atoms. The maximum absolute atomic E-state index is 13.0. The van der Waals surface area contributed by atoms with E-state index in [0.717, 1.165) is 0 Å². The number of nitrogens with zero attached hydrogens (tertiary/aromatic N) is 1. The lowest BCUT2D eigenvalue weighted by Gasteiger charge is -2.17. The van der Waals surface area contributed by atoms with E-state index in [2.05, 4.69) is 0 Å². The number of rotatable bonds is 2. The van der Waals surface area contributed by atoms with Crippen LogP contribution in [0.25, 0.3) is 0 Å². The molecule has 0 aliphatic carbocycles. The number of carbonyl (C=O) groups excluding carboxylic acids is 2. The minimum Gasteiger partial charge on any atom is -0.278 e. The molecule has 2 rings (SSSR count). The highest BCUT2D eigenvalue weighted by Gasteiger charge is 2.36. The van der Waals surface area contributed by atoms with Crippen LogP contribution in [-0.2, 0) is 4.79 Å². The molecule has 0 aromatic heterocycles. The smallest absolute Gasteiger partial charge is 0.261 e. The Morgan fingerprint density at radius 1 is 1.47 bits per heavy atom. The van der Waals surface area contributed by atoms with Crippen molar-refractivity contribution in [3.8, 4) is 0 Å². The third kappa shape index (κ3) is 2.96. The quantitative estimate of drug-likeness (QED) is 0.589. The third-order valence-electron chi connectivity index (χ3n) is 3.50. The van der Waals surface area contributed by atoms with E-state index in [4.69, 9.17) is 0 Å². The van der Waals surface area contributed by atoms with Crippen molar-refractivity contribution in [1.29, 1.82) is 0 Å². The minimum atomic E-state index is -0.381. The SMILES string of the molecule is CC(C)C1CC(=O)N(C(=O)c2ccc(F)cc2I)C1. The molecule has 0 radical (unpaired) electrons. The van der Waals surface area contributed by atoms with Crippen LogP contribution in [0.3, 0.4) is 0 Å². The van der Waals surface area contributed by atoms with Crippen molar-refractivity contribution in [3.63, 3.8) is 0 Å². The third-order valence-corrected chi connectivity index (χ3v) is 4.40. The number of imide groups is 1. The minimum absolute atomic E-state index is 0.135. The molecule has 1 unspecified atom stereocenters. The topological polar surface area (TPSA) is 37.4 Å². The van der Waals surface area contributed by atoms with Gasteiger partial charge in [0.05, 0.1) is 5.56 Å². The van der Waals surface area contributed by atoms with Gasteiger partial charge in [-0.15, -0.1) is 0 Å². The average Bonchev–Trinajstić information content (AvgIpc) is 2.71. The van der Waals surface area contributed by atoms with Crippen LogP contribution in [0.5, 0.6) is 0 Å². The van der Waals surface area contributed by atoms with Gasteiger partial charge in [0.2, 0.25) is 5.91 Å². The fourth-order valence-electron chi connectivity index (χ4n) is 2.19. The Balaban J connectivity index is 2.23. The molecule has 1 saturated heterocycles. The van der Waals surface area contributed by atoms with Gasteiger partial charge in [0.15, 0.2) is 0 Å². The zero-order valence-electron chi connectivity index (χ0n) is 10.8. The second-order valence-electron chi connectivity index (χ2n) is 5.14. The summed E-state index contributed by atoms with van der Waals surface area (Å²) in [4.78, 5) is 25.5. The lowest BCUT2D eigenvalue weighted by molar-refractivity contribution is -0.125. The lowest BCUT2D eigenvalue weighted by atomic mass is 9.95. The molecule has 1 aliphatic rings. The number of amides is 2. The number of benzene rings is 1. The van der Waals surface area contributed by atoms with Crippen molar-refractivity contribution in [3.05, 3.63) is 33.1 Å². The second-order valence-corrected chi connectivity index (χ2v) is 6.30. The average molecular weight is 375 g/mol. The second kappa shape index (κ2) is 5.56. The van der Waals surface area contributed by atoms with Crippen molar-refractivity contribution >= 4 is 34.4 Å². The van der Waals surface area contributed by atoms with Crippen molar-refractivity contribution in [2.24, 2.45) is 11.8 Å². The van der Waals surface area contributed by atoms with Crippen molar-refractivity contribution in [1.82, 2.24) is 4.90 Å². The summed E-state index contributed by atoms with van der Waals surface area (Å²) in [6, 6.07) is 3.99. The van der Waals surface area contributed by atoms with E-state index in [-0.39, 0.29) is 23.5 Å². The largest absolute Gasteiger partial charge is 0.278 e. The summed E-state index contributed by atoms with van der Waals surface area (Å²) in [5.74, 6) is -0.251. The Bertz CT molecular complexity index is 530. The Morgan fingerprint density at radius 2 is 2.16 bits per heavy atom. The van der Waals surface area contributed by atoms with Crippen LogP contribution < -0.4 is 0 Å². The van der Waals surface area contributed by atoms with Crippen LogP contribution in [0.4, 0.5) is 4.39 Å². The predicted octanol–water partition coefficient (Wildman–Crippen LogP) is 3.08. The van der Waals surface area contributed by atoms with Crippen molar-refractivity contribution in [2.75, 3.05) is 6.54 Å². The Labute approximate surface area is 125 Å². The van der Waals surface area contributed by atoms with Gasteiger partial charge in [-0.05, 0) is 52.6 Å². The van der Waals surface area contributed by atoms with Gasteiger partial charge < -0.3 is 0 Å². The summed E-state index contributed by atoms with van der Waals surface area (Å²) >= 11 is 1.91. The molecule has 19 heavy (non-hydrogen) atoms. The molecular formula is C14H15FINO2. The molecule has 1 aliphatic heterocycles. The van der Waals surface area contributed by atoms with Crippen LogP contribution in [-0.4, -0.2) is 23.3 Å². The van der Waals surface area contributed by atoms with E-state index >= 15 is 0 Å². The number of hydrogen-bond donors (Lipinski definition) is 0. The highest BCUT2D eigenvalue weighted by Crippen LogP contribution is 2.27. The van der Waals surface area contributed by atoms with Crippen LogP contribution in [0.2, 0.25) is 0 Å². The molecule has 1 heterocycles. The molecule has 102 valence electrons. The van der Waals surface area contributed by atoms with E-state index in [1.54, 1.807) is 0 Å². The van der Waals surface area contributed by atoms with Crippen molar-refractivity contribution < 1.29 is 14.0 Å². The summed E-state index contributed by atoms with van der Waals surface area (Å²) in [5, 5.41) is 0. The van der Waals surface area contributed by atoms with Gasteiger partial charge >= 0.3 is 0 Å². The number of carbonyl (C=O) groups is 2. The first-order valence-electron chi connectivity index (χ1n) is 6.20. The first-order valence-corrected chi connectivity index (χ1v) is 7.27. The number of likely N-dealkylation sites (tertiary alicyclic amines) is 1.